The molecule has 1 aliphatic heterocycles. The Balaban J connectivity index is 2.25. The topological polar surface area (TPSA) is 106 Å². The number of ether oxygens (including phenoxy) is 1. The molecule has 1 fully saturated rings. The van der Waals surface area contributed by atoms with Gasteiger partial charge in [0, 0.05) is 12.8 Å². The molecule has 1 saturated heterocycles. The first-order valence-corrected chi connectivity index (χ1v) is 7.08. The van der Waals surface area contributed by atoms with Crippen molar-refractivity contribution in [3.05, 3.63) is 18.3 Å². The Labute approximate surface area is 106 Å². The van der Waals surface area contributed by atoms with Gasteiger partial charge in [-0.15, -0.1) is 0 Å². The van der Waals surface area contributed by atoms with Crippen LogP contribution >= 0.6 is 0 Å². The number of hydrogen-bond acceptors (Lipinski definition) is 6. The Morgan fingerprint density at radius 3 is 2.94 bits per heavy atom. The molecule has 2 atom stereocenters. The van der Waals surface area contributed by atoms with Crippen LogP contribution in [0.3, 0.4) is 0 Å². The fourth-order valence-corrected chi connectivity index (χ4v) is 3.32. The number of hydrogen-bond donors (Lipinski definition) is 3. The second kappa shape index (κ2) is 5.19. The minimum Gasteiger partial charge on any atom is -0.377 e. The molecule has 8 heteroatoms. The molecule has 0 aliphatic carbocycles. The van der Waals surface area contributed by atoms with E-state index in [4.69, 9.17) is 10.6 Å². The van der Waals surface area contributed by atoms with Gasteiger partial charge < -0.3 is 10.2 Å². The van der Waals surface area contributed by atoms with Gasteiger partial charge in [-0.25, -0.2) is 24.0 Å². The fourth-order valence-electron chi connectivity index (χ4n) is 1.87. The lowest BCUT2D eigenvalue weighted by molar-refractivity contribution is 0.117. The third-order valence-electron chi connectivity index (χ3n) is 2.88. The molecule has 100 valence electrons. The lowest BCUT2D eigenvalue weighted by Crippen LogP contribution is -2.39. The maximum absolute atomic E-state index is 12.2. The second-order valence-electron chi connectivity index (χ2n) is 4.09. The first-order chi connectivity index (χ1) is 8.54. The van der Waals surface area contributed by atoms with Gasteiger partial charge >= 0.3 is 0 Å². The summed E-state index contributed by atoms with van der Waals surface area (Å²) in [4.78, 5) is 3.90. The van der Waals surface area contributed by atoms with Crippen molar-refractivity contribution in [3.63, 3.8) is 0 Å². The molecule has 7 nitrogen and oxygen atoms in total. The van der Waals surface area contributed by atoms with Crippen molar-refractivity contribution >= 4 is 15.8 Å². The summed E-state index contributed by atoms with van der Waals surface area (Å²) in [7, 11) is -3.65. The monoisotopic (exact) mass is 272 g/mol. The SMILES string of the molecule is CC1OCCC1NS(=O)(=O)c1cccnc1NN. The molecule has 2 heterocycles. The number of nitrogens with one attached hydrogen (secondary N) is 2. The van der Waals surface area contributed by atoms with Crippen molar-refractivity contribution in [2.75, 3.05) is 12.0 Å². The van der Waals surface area contributed by atoms with Crippen molar-refractivity contribution in [2.45, 2.75) is 30.4 Å². The molecule has 4 N–H and O–H groups in total. The van der Waals surface area contributed by atoms with E-state index in [1.165, 1.54) is 12.3 Å². The van der Waals surface area contributed by atoms with Gasteiger partial charge in [0.15, 0.2) is 5.82 Å². The van der Waals surface area contributed by atoms with E-state index in [1.54, 1.807) is 6.07 Å². The minimum absolute atomic E-state index is 0.0339. The van der Waals surface area contributed by atoms with Crippen molar-refractivity contribution in [1.29, 1.82) is 0 Å². The summed E-state index contributed by atoms with van der Waals surface area (Å²) in [5, 5.41) is 0. The van der Waals surface area contributed by atoms with Crippen LogP contribution in [0, 0.1) is 0 Å². The first kappa shape index (κ1) is 13.2. The molecule has 0 saturated carbocycles. The zero-order chi connectivity index (χ0) is 13.2. The van der Waals surface area contributed by atoms with E-state index < -0.39 is 10.0 Å². The van der Waals surface area contributed by atoms with E-state index in [-0.39, 0.29) is 22.9 Å². The second-order valence-corrected chi connectivity index (χ2v) is 5.77. The number of anilines is 1. The summed E-state index contributed by atoms with van der Waals surface area (Å²) < 4.78 is 32.4. The largest absolute Gasteiger partial charge is 0.377 e. The fraction of sp³-hybridized carbons (Fsp3) is 0.500. The van der Waals surface area contributed by atoms with Crippen molar-refractivity contribution in [2.24, 2.45) is 5.84 Å². The Kier molecular flexibility index (Phi) is 3.81. The van der Waals surface area contributed by atoms with Crippen molar-refractivity contribution in [1.82, 2.24) is 9.71 Å². The van der Waals surface area contributed by atoms with Crippen LogP contribution in [-0.2, 0) is 14.8 Å². The highest BCUT2D eigenvalue weighted by molar-refractivity contribution is 7.89. The smallest absolute Gasteiger partial charge is 0.244 e. The Morgan fingerprint density at radius 2 is 2.33 bits per heavy atom. The van der Waals surface area contributed by atoms with E-state index >= 15 is 0 Å². The summed E-state index contributed by atoms with van der Waals surface area (Å²) in [6.07, 6.45) is 1.99. The molecule has 2 rings (SSSR count). The Morgan fingerprint density at radius 1 is 1.56 bits per heavy atom. The number of rotatable bonds is 4. The molecule has 1 aromatic rings. The molecule has 0 spiro atoms. The molecule has 2 unspecified atom stereocenters. The molecule has 0 amide bonds. The van der Waals surface area contributed by atoms with Crippen LogP contribution in [0.4, 0.5) is 5.82 Å². The standard InChI is InChI=1S/C10H16N4O3S/c1-7-8(4-6-17-7)14-18(15,16)9-3-2-5-12-10(9)13-11/h2-3,5,7-8,14H,4,6,11H2,1H3,(H,12,13). The maximum atomic E-state index is 12.2. The lowest BCUT2D eigenvalue weighted by Gasteiger charge is -2.17. The van der Waals surface area contributed by atoms with Crippen LogP contribution in [-0.4, -0.2) is 32.2 Å². The lowest BCUT2D eigenvalue weighted by atomic mass is 10.2. The molecule has 1 aromatic heterocycles. The highest BCUT2D eigenvalue weighted by Crippen LogP contribution is 2.20. The molecule has 18 heavy (non-hydrogen) atoms. The number of nitrogens with two attached hydrogens (primary N) is 1. The van der Waals surface area contributed by atoms with Crippen LogP contribution in [0.15, 0.2) is 23.2 Å². The summed E-state index contributed by atoms with van der Waals surface area (Å²) in [6, 6.07) is 2.77. The zero-order valence-corrected chi connectivity index (χ0v) is 10.8. The summed E-state index contributed by atoms with van der Waals surface area (Å²) in [6.45, 7) is 2.40. The van der Waals surface area contributed by atoms with Crippen molar-refractivity contribution in [3.8, 4) is 0 Å². The predicted octanol–water partition coefficient (Wildman–Crippen LogP) is -0.177. The molecule has 1 aliphatic rings. The van der Waals surface area contributed by atoms with Gasteiger partial charge in [-0.1, -0.05) is 0 Å². The summed E-state index contributed by atoms with van der Waals surface area (Å²) in [5.74, 6) is 5.38. The highest BCUT2D eigenvalue weighted by Gasteiger charge is 2.30. The quantitative estimate of drug-likeness (QED) is 0.518. The third-order valence-corrected chi connectivity index (χ3v) is 4.40. The molecular formula is C10H16N4O3S. The maximum Gasteiger partial charge on any atom is 0.244 e. The van der Waals surface area contributed by atoms with Crippen LogP contribution in [0.25, 0.3) is 0 Å². The van der Waals surface area contributed by atoms with Crippen molar-refractivity contribution < 1.29 is 13.2 Å². The number of pyridine rings is 1. The van der Waals surface area contributed by atoms with E-state index in [2.05, 4.69) is 15.1 Å². The van der Waals surface area contributed by atoms with Gasteiger partial charge in [0.2, 0.25) is 10.0 Å². The van der Waals surface area contributed by atoms with Crippen LogP contribution in [0.5, 0.6) is 0 Å². The van der Waals surface area contributed by atoms with E-state index in [1.807, 2.05) is 6.92 Å². The minimum atomic E-state index is -3.65. The van der Waals surface area contributed by atoms with Gasteiger partial charge in [-0.05, 0) is 25.5 Å². The summed E-state index contributed by atoms with van der Waals surface area (Å²) >= 11 is 0. The van der Waals surface area contributed by atoms with Gasteiger partial charge in [0.1, 0.15) is 4.90 Å². The highest BCUT2D eigenvalue weighted by atomic mass is 32.2. The van der Waals surface area contributed by atoms with Crippen LogP contribution < -0.4 is 16.0 Å². The van der Waals surface area contributed by atoms with Gasteiger partial charge in [0.05, 0.1) is 12.1 Å². The van der Waals surface area contributed by atoms with Crippen LogP contribution in [0.1, 0.15) is 13.3 Å². The normalized spacial score (nSPS) is 24.1. The molecule has 0 bridgehead atoms. The number of nitrogens with zero attached hydrogens (tertiary/aromatic N) is 1. The average molecular weight is 272 g/mol. The van der Waals surface area contributed by atoms with E-state index in [9.17, 15) is 8.42 Å². The number of sulfonamides is 1. The molecular weight excluding hydrogens is 256 g/mol. The predicted molar refractivity (Wildman–Crippen MR) is 66.2 cm³/mol. The third kappa shape index (κ3) is 2.61. The average Bonchev–Trinajstić information content (AvgIpc) is 2.74. The Hall–Kier alpha value is -1.22. The van der Waals surface area contributed by atoms with Gasteiger partial charge in [0.25, 0.3) is 0 Å². The summed E-state index contributed by atoms with van der Waals surface area (Å²) in [5.41, 5.74) is 2.28. The van der Waals surface area contributed by atoms with E-state index in [0.29, 0.717) is 13.0 Å². The first-order valence-electron chi connectivity index (χ1n) is 5.60. The number of aromatic nitrogens is 1. The molecule has 0 aromatic carbocycles. The van der Waals surface area contributed by atoms with Gasteiger partial charge in [-0.2, -0.15) is 0 Å². The number of nitrogen functional groups attached to an aromatic ring is 1. The zero-order valence-electron chi connectivity index (χ0n) is 9.96. The van der Waals surface area contributed by atoms with Gasteiger partial charge in [-0.3, -0.25) is 0 Å². The van der Waals surface area contributed by atoms with Crippen LogP contribution in [0.2, 0.25) is 0 Å². The molecule has 0 radical (unpaired) electrons. The number of hydrazine groups is 1. The Bertz CT molecular complexity index is 520. The van der Waals surface area contributed by atoms with E-state index in [0.717, 1.165) is 0 Å².